The van der Waals surface area contributed by atoms with Crippen molar-refractivity contribution < 1.29 is 18.7 Å². The summed E-state index contributed by atoms with van der Waals surface area (Å²) in [6.45, 7) is 0.595. The first kappa shape index (κ1) is 14.3. The van der Waals surface area contributed by atoms with Crippen LogP contribution >= 0.6 is 11.8 Å². The Labute approximate surface area is 114 Å². The summed E-state index contributed by atoms with van der Waals surface area (Å²) < 4.78 is 26.1. The maximum Gasteiger partial charge on any atom is 0.233 e. The number of aliphatic hydroxyl groups excluding tert-OH is 1. The van der Waals surface area contributed by atoms with Crippen molar-refractivity contribution in [2.75, 3.05) is 18.9 Å². The Kier molecular flexibility index (Phi) is 4.76. The normalized spacial score (nSPS) is 18.9. The molecule has 0 spiro atoms. The summed E-state index contributed by atoms with van der Waals surface area (Å²) in [5.74, 6) is -1.31. The van der Waals surface area contributed by atoms with Gasteiger partial charge in [-0.15, -0.1) is 11.8 Å². The predicted molar refractivity (Wildman–Crippen MR) is 68.9 cm³/mol. The van der Waals surface area contributed by atoms with E-state index in [4.69, 9.17) is 5.11 Å². The molecule has 3 nitrogen and oxygen atoms in total. The van der Waals surface area contributed by atoms with Gasteiger partial charge in [0, 0.05) is 17.5 Å². The first-order valence-corrected chi connectivity index (χ1v) is 7.08. The number of carbonyl (C=O) groups excluding carboxylic acids is 1. The number of likely N-dealkylation sites (tertiary alicyclic amines) is 1. The first-order valence-electron chi connectivity index (χ1n) is 6.10. The van der Waals surface area contributed by atoms with Gasteiger partial charge in [-0.1, -0.05) is 0 Å². The number of aliphatic hydroxyl groups is 1. The molecular weight excluding hydrogens is 272 g/mol. The maximum absolute atomic E-state index is 13.4. The molecule has 6 heteroatoms. The van der Waals surface area contributed by atoms with Gasteiger partial charge in [-0.3, -0.25) is 4.79 Å². The molecule has 0 saturated carbocycles. The van der Waals surface area contributed by atoms with Crippen molar-refractivity contribution >= 4 is 17.7 Å². The highest BCUT2D eigenvalue weighted by molar-refractivity contribution is 8.00. The molecule has 0 aromatic heterocycles. The van der Waals surface area contributed by atoms with Gasteiger partial charge >= 0.3 is 0 Å². The van der Waals surface area contributed by atoms with Crippen LogP contribution in [0.5, 0.6) is 0 Å². The van der Waals surface area contributed by atoms with Gasteiger partial charge in [0.1, 0.15) is 11.6 Å². The summed E-state index contributed by atoms with van der Waals surface area (Å²) in [7, 11) is 0. The topological polar surface area (TPSA) is 40.5 Å². The molecule has 1 aromatic rings. The largest absolute Gasteiger partial charge is 0.394 e. The second-order valence-corrected chi connectivity index (χ2v) is 5.45. The van der Waals surface area contributed by atoms with Crippen molar-refractivity contribution in [3.63, 3.8) is 0 Å². The molecule has 0 bridgehead atoms. The average molecular weight is 287 g/mol. The van der Waals surface area contributed by atoms with Crippen LogP contribution in [0.15, 0.2) is 23.1 Å². The molecule has 1 atom stereocenters. The molecule has 1 aromatic carbocycles. The van der Waals surface area contributed by atoms with Crippen LogP contribution in [0.1, 0.15) is 12.8 Å². The van der Waals surface area contributed by atoms with Gasteiger partial charge in [-0.2, -0.15) is 0 Å². The Morgan fingerprint density at radius 2 is 2.26 bits per heavy atom. The van der Waals surface area contributed by atoms with E-state index < -0.39 is 11.6 Å². The maximum atomic E-state index is 13.4. The van der Waals surface area contributed by atoms with E-state index in [9.17, 15) is 13.6 Å². The van der Waals surface area contributed by atoms with E-state index >= 15 is 0 Å². The molecule has 2 rings (SSSR count). The van der Waals surface area contributed by atoms with Crippen molar-refractivity contribution in [3.8, 4) is 0 Å². The van der Waals surface area contributed by atoms with E-state index in [0.29, 0.717) is 6.54 Å². The zero-order valence-corrected chi connectivity index (χ0v) is 11.1. The van der Waals surface area contributed by atoms with Crippen LogP contribution in [0.3, 0.4) is 0 Å². The van der Waals surface area contributed by atoms with E-state index in [1.807, 2.05) is 0 Å². The van der Waals surface area contributed by atoms with Gasteiger partial charge in [0.25, 0.3) is 0 Å². The van der Waals surface area contributed by atoms with E-state index in [1.165, 1.54) is 12.1 Å². The molecule has 1 fully saturated rings. The molecule has 0 radical (unpaired) electrons. The van der Waals surface area contributed by atoms with Gasteiger partial charge in [-0.25, -0.2) is 8.78 Å². The SMILES string of the molecule is O=C(CSc1ccc(F)cc1F)N1CCC[C@H]1CO. The van der Waals surface area contributed by atoms with E-state index in [1.54, 1.807) is 4.90 Å². The fourth-order valence-electron chi connectivity index (χ4n) is 2.17. The van der Waals surface area contributed by atoms with E-state index in [0.717, 1.165) is 30.7 Å². The van der Waals surface area contributed by atoms with Crippen molar-refractivity contribution in [3.05, 3.63) is 29.8 Å². The molecule has 104 valence electrons. The van der Waals surface area contributed by atoms with Crippen LogP contribution in [-0.4, -0.2) is 40.9 Å². The third-order valence-electron chi connectivity index (χ3n) is 3.15. The monoisotopic (exact) mass is 287 g/mol. The Morgan fingerprint density at radius 3 is 2.95 bits per heavy atom. The molecule has 1 heterocycles. The lowest BCUT2D eigenvalue weighted by Crippen LogP contribution is -2.38. The number of halogens is 2. The highest BCUT2D eigenvalue weighted by Crippen LogP contribution is 2.24. The summed E-state index contributed by atoms with van der Waals surface area (Å²) in [5.41, 5.74) is 0. The lowest BCUT2D eigenvalue weighted by atomic mass is 10.2. The second-order valence-electron chi connectivity index (χ2n) is 4.43. The van der Waals surface area contributed by atoms with Crippen molar-refractivity contribution in [2.45, 2.75) is 23.8 Å². The Bertz CT molecular complexity index is 470. The van der Waals surface area contributed by atoms with Crippen molar-refractivity contribution in [2.24, 2.45) is 0 Å². The Balaban J connectivity index is 1.93. The van der Waals surface area contributed by atoms with Crippen LogP contribution in [0.2, 0.25) is 0 Å². The van der Waals surface area contributed by atoms with E-state index in [-0.39, 0.29) is 29.2 Å². The standard InChI is InChI=1S/C13H15F2NO2S/c14-9-3-4-12(11(15)6-9)19-8-13(18)16-5-1-2-10(16)7-17/h3-4,6,10,17H,1-2,5,7-8H2/t10-/m0/s1. The lowest BCUT2D eigenvalue weighted by Gasteiger charge is -2.22. The summed E-state index contributed by atoms with van der Waals surface area (Å²) >= 11 is 1.05. The van der Waals surface area contributed by atoms with Crippen LogP contribution in [-0.2, 0) is 4.79 Å². The summed E-state index contributed by atoms with van der Waals surface area (Å²) in [6.07, 6.45) is 1.68. The predicted octanol–water partition coefficient (Wildman–Crippen LogP) is 2.04. The number of carbonyl (C=O) groups is 1. The highest BCUT2D eigenvalue weighted by atomic mass is 32.2. The van der Waals surface area contributed by atoms with Crippen LogP contribution in [0.4, 0.5) is 8.78 Å². The number of rotatable bonds is 4. The van der Waals surface area contributed by atoms with E-state index in [2.05, 4.69) is 0 Å². The molecule has 19 heavy (non-hydrogen) atoms. The number of benzene rings is 1. The van der Waals surface area contributed by atoms with Gasteiger partial charge in [0.15, 0.2) is 0 Å². The third kappa shape index (κ3) is 3.45. The van der Waals surface area contributed by atoms with Crippen LogP contribution < -0.4 is 0 Å². The molecule has 1 saturated heterocycles. The van der Waals surface area contributed by atoms with Gasteiger partial charge < -0.3 is 10.0 Å². The first-order chi connectivity index (χ1) is 9.11. The summed E-state index contributed by atoms with van der Waals surface area (Å²) in [4.78, 5) is 13.9. The zero-order chi connectivity index (χ0) is 13.8. The summed E-state index contributed by atoms with van der Waals surface area (Å²) in [6, 6.07) is 3.18. The lowest BCUT2D eigenvalue weighted by molar-refractivity contribution is -0.129. The smallest absolute Gasteiger partial charge is 0.233 e. The highest BCUT2D eigenvalue weighted by Gasteiger charge is 2.27. The van der Waals surface area contributed by atoms with Crippen molar-refractivity contribution in [1.29, 1.82) is 0 Å². The minimum Gasteiger partial charge on any atom is -0.394 e. The Morgan fingerprint density at radius 1 is 1.47 bits per heavy atom. The summed E-state index contributed by atoms with van der Waals surface area (Å²) in [5, 5.41) is 9.14. The fourth-order valence-corrected chi connectivity index (χ4v) is 2.97. The van der Waals surface area contributed by atoms with Crippen molar-refractivity contribution in [1.82, 2.24) is 4.90 Å². The molecule has 1 N–H and O–H groups in total. The minimum absolute atomic E-state index is 0.0404. The number of nitrogens with zero attached hydrogens (tertiary/aromatic N) is 1. The molecule has 0 aliphatic carbocycles. The second kappa shape index (κ2) is 6.34. The number of amides is 1. The molecule has 1 aliphatic rings. The molecular formula is C13H15F2NO2S. The fraction of sp³-hybridized carbons (Fsp3) is 0.462. The number of hydrogen-bond donors (Lipinski definition) is 1. The quantitative estimate of drug-likeness (QED) is 0.862. The zero-order valence-electron chi connectivity index (χ0n) is 10.3. The third-order valence-corrected chi connectivity index (χ3v) is 4.19. The average Bonchev–Trinajstić information content (AvgIpc) is 2.85. The molecule has 1 aliphatic heterocycles. The van der Waals surface area contributed by atoms with Crippen LogP contribution in [0.25, 0.3) is 0 Å². The number of hydrogen-bond acceptors (Lipinski definition) is 3. The van der Waals surface area contributed by atoms with Gasteiger partial charge in [0.2, 0.25) is 5.91 Å². The number of thioether (sulfide) groups is 1. The Hall–Kier alpha value is -1.14. The van der Waals surface area contributed by atoms with Gasteiger partial charge in [-0.05, 0) is 25.0 Å². The van der Waals surface area contributed by atoms with Gasteiger partial charge in [0.05, 0.1) is 18.4 Å². The minimum atomic E-state index is -0.655. The van der Waals surface area contributed by atoms with Crippen LogP contribution in [0, 0.1) is 11.6 Å². The molecule has 1 amide bonds. The molecule has 0 unspecified atom stereocenters.